The summed E-state index contributed by atoms with van der Waals surface area (Å²) in [5, 5.41) is 0. The molecule has 0 aliphatic carbocycles. The van der Waals surface area contributed by atoms with Gasteiger partial charge in [0.05, 0.1) is 14.2 Å². The van der Waals surface area contributed by atoms with Crippen LogP contribution >= 0.6 is 0 Å². The highest BCUT2D eigenvalue weighted by Crippen LogP contribution is 2.47. The van der Waals surface area contributed by atoms with Crippen LogP contribution < -0.4 is 0 Å². The van der Waals surface area contributed by atoms with Gasteiger partial charge in [0.1, 0.15) is 17.3 Å². The number of β-lactam (4-membered cyclic amide) rings is 1. The van der Waals surface area contributed by atoms with E-state index >= 15 is 0 Å². The Balaban J connectivity index is 2.75. The maximum Gasteiger partial charge on any atom is 0.345 e. The van der Waals surface area contributed by atoms with E-state index in [0.29, 0.717) is 5.56 Å². The highest BCUT2D eigenvalue weighted by Gasteiger charge is 2.75. The number of Topliss-reactive ketones (excluding diaryl/α,β-unsaturated/α-hetero) is 1. The van der Waals surface area contributed by atoms with Crippen molar-refractivity contribution in [2.75, 3.05) is 14.2 Å². The zero-order valence-electron chi connectivity index (χ0n) is 17.8. The number of hydrogen-bond donors (Lipinski definition) is 0. The van der Waals surface area contributed by atoms with Crippen LogP contribution in [0.25, 0.3) is 0 Å². The van der Waals surface area contributed by atoms with Crippen LogP contribution in [0.15, 0.2) is 30.3 Å². The second-order valence-corrected chi connectivity index (χ2v) is 7.85. The average Bonchev–Trinajstić information content (AvgIpc) is 2.67. The van der Waals surface area contributed by atoms with E-state index < -0.39 is 52.7 Å². The SMILES string of the molecule is COC(=O)C1(C(=O)OC)[C@H](C(C)=O)C(=O)N1[C@@H](C(=O)OC(C)(C)C)c1ccccc1. The highest BCUT2D eigenvalue weighted by molar-refractivity contribution is 6.25. The minimum absolute atomic E-state index is 0.291. The Labute approximate surface area is 174 Å². The van der Waals surface area contributed by atoms with Gasteiger partial charge < -0.3 is 14.2 Å². The molecule has 2 atom stereocenters. The molecule has 162 valence electrons. The Morgan fingerprint density at radius 2 is 1.50 bits per heavy atom. The Hall–Kier alpha value is -3.23. The van der Waals surface area contributed by atoms with Crippen LogP contribution in [0, 0.1) is 5.92 Å². The molecule has 0 saturated carbocycles. The number of rotatable bonds is 6. The molecule has 0 aromatic heterocycles. The van der Waals surface area contributed by atoms with Crippen LogP contribution in [-0.4, -0.2) is 59.9 Å². The predicted molar refractivity (Wildman–Crippen MR) is 103 cm³/mol. The van der Waals surface area contributed by atoms with Crippen molar-refractivity contribution in [1.82, 2.24) is 4.90 Å². The molecule has 0 bridgehead atoms. The van der Waals surface area contributed by atoms with Crippen LogP contribution in [0.1, 0.15) is 39.3 Å². The van der Waals surface area contributed by atoms with Crippen molar-refractivity contribution >= 4 is 29.6 Å². The minimum atomic E-state index is -2.44. The minimum Gasteiger partial charge on any atom is -0.467 e. The van der Waals surface area contributed by atoms with Gasteiger partial charge in [0.15, 0.2) is 6.04 Å². The van der Waals surface area contributed by atoms with Gasteiger partial charge in [-0.15, -0.1) is 0 Å². The van der Waals surface area contributed by atoms with E-state index in [1.807, 2.05) is 0 Å². The first-order valence-corrected chi connectivity index (χ1v) is 9.21. The van der Waals surface area contributed by atoms with E-state index in [2.05, 4.69) is 0 Å². The van der Waals surface area contributed by atoms with Crippen LogP contribution in [-0.2, 0) is 38.2 Å². The topological polar surface area (TPSA) is 116 Å². The van der Waals surface area contributed by atoms with Gasteiger partial charge in [-0.3, -0.25) is 14.5 Å². The molecule has 1 saturated heterocycles. The smallest absolute Gasteiger partial charge is 0.345 e. The molecule has 0 spiro atoms. The molecule has 1 fully saturated rings. The summed E-state index contributed by atoms with van der Waals surface area (Å²) in [7, 11) is 2.02. The molecule has 2 rings (SSSR count). The number of methoxy groups -OCH3 is 2. The van der Waals surface area contributed by atoms with Gasteiger partial charge >= 0.3 is 17.9 Å². The average molecular weight is 419 g/mol. The molecule has 0 N–H and O–H groups in total. The van der Waals surface area contributed by atoms with Gasteiger partial charge in [0.25, 0.3) is 5.54 Å². The van der Waals surface area contributed by atoms with Gasteiger partial charge in [0, 0.05) is 0 Å². The van der Waals surface area contributed by atoms with E-state index in [1.165, 1.54) is 0 Å². The zero-order chi connectivity index (χ0) is 22.9. The number of ketones is 1. The summed E-state index contributed by atoms with van der Waals surface area (Å²) in [5.41, 5.74) is -3.07. The summed E-state index contributed by atoms with van der Waals surface area (Å²) in [6.45, 7) is 5.98. The number of ether oxygens (including phenoxy) is 3. The first kappa shape index (κ1) is 23.1. The lowest BCUT2D eigenvalue weighted by atomic mass is 9.69. The van der Waals surface area contributed by atoms with Crippen LogP contribution in [0.4, 0.5) is 0 Å². The van der Waals surface area contributed by atoms with Crippen molar-refractivity contribution in [1.29, 1.82) is 0 Å². The molecular weight excluding hydrogens is 394 g/mol. The van der Waals surface area contributed by atoms with Crippen molar-refractivity contribution in [3.05, 3.63) is 35.9 Å². The molecule has 9 nitrogen and oxygen atoms in total. The molecule has 9 heteroatoms. The number of benzene rings is 1. The van der Waals surface area contributed by atoms with E-state index in [1.54, 1.807) is 51.1 Å². The third kappa shape index (κ3) is 3.67. The molecule has 30 heavy (non-hydrogen) atoms. The molecule has 1 amide bonds. The van der Waals surface area contributed by atoms with Gasteiger partial charge in [-0.2, -0.15) is 0 Å². The maximum atomic E-state index is 13.1. The van der Waals surface area contributed by atoms with Crippen molar-refractivity contribution in [2.24, 2.45) is 5.92 Å². The maximum absolute atomic E-state index is 13.1. The summed E-state index contributed by atoms with van der Waals surface area (Å²) in [5.74, 6) is -6.52. The number of amides is 1. The molecule has 1 aliphatic heterocycles. The summed E-state index contributed by atoms with van der Waals surface area (Å²) >= 11 is 0. The van der Waals surface area contributed by atoms with Gasteiger partial charge in [-0.05, 0) is 33.3 Å². The Morgan fingerprint density at radius 1 is 1.00 bits per heavy atom. The second-order valence-electron chi connectivity index (χ2n) is 7.85. The van der Waals surface area contributed by atoms with Crippen molar-refractivity contribution in [2.45, 2.75) is 44.9 Å². The third-order valence-corrected chi connectivity index (χ3v) is 4.69. The fraction of sp³-hybridized carbons (Fsp3) is 0.476. The van der Waals surface area contributed by atoms with Crippen LogP contribution in [0.2, 0.25) is 0 Å². The van der Waals surface area contributed by atoms with Crippen molar-refractivity contribution < 1.29 is 38.2 Å². The van der Waals surface area contributed by atoms with Gasteiger partial charge in [-0.1, -0.05) is 30.3 Å². The van der Waals surface area contributed by atoms with Crippen molar-refractivity contribution in [3.63, 3.8) is 0 Å². The molecule has 1 aromatic carbocycles. The van der Waals surface area contributed by atoms with E-state index in [9.17, 15) is 24.0 Å². The van der Waals surface area contributed by atoms with Crippen molar-refractivity contribution in [3.8, 4) is 0 Å². The highest BCUT2D eigenvalue weighted by atomic mass is 16.6. The summed E-state index contributed by atoms with van der Waals surface area (Å²) in [6, 6.07) is 6.55. The fourth-order valence-corrected chi connectivity index (χ4v) is 3.57. The number of likely N-dealkylation sites (tertiary alicyclic amines) is 1. The summed E-state index contributed by atoms with van der Waals surface area (Å²) in [6.07, 6.45) is 0. The van der Waals surface area contributed by atoms with E-state index in [-0.39, 0.29) is 0 Å². The number of esters is 3. The normalized spacial score (nSPS) is 18.7. The quantitative estimate of drug-likeness (QED) is 0.292. The monoisotopic (exact) mass is 419 g/mol. The zero-order valence-corrected chi connectivity index (χ0v) is 17.8. The molecule has 1 heterocycles. The molecule has 1 aliphatic rings. The molecule has 0 unspecified atom stereocenters. The van der Waals surface area contributed by atoms with Crippen LogP contribution in [0.3, 0.4) is 0 Å². The number of hydrogen-bond acceptors (Lipinski definition) is 8. The van der Waals surface area contributed by atoms with Crippen LogP contribution in [0.5, 0.6) is 0 Å². The number of carbonyl (C=O) groups is 5. The predicted octanol–water partition coefficient (Wildman–Crippen LogP) is 1.20. The summed E-state index contributed by atoms with van der Waals surface area (Å²) < 4.78 is 15.0. The number of carbonyl (C=O) groups excluding carboxylic acids is 5. The van der Waals surface area contributed by atoms with E-state index in [4.69, 9.17) is 14.2 Å². The Kier molecular flexibility index (Phi) is 6.34. The lowest BCUT2D eigenvalue weighted by Gasteiger charge is -2.54. The van der Waals surface area contributed by atoms with E-state index in [0.717, 1.165) is 26.0 Å². The first-order chi connectivity index (χ1) is 13.9. The lowest BCUT2D eigenvalue weighted by Crippen LogP contribution is -2.81. The molecular formula is C21H25NO8. The third-order valence-electron chi connectivity index (χ3n) is 4.69. The van der Waals surface area contributed by atoms with Gasteiger partial charge in [0.2, 0.25) is 5.91 Å². The molecule has 1 aromatic rings. The first-order valence-electron chi connectivity index (χ1n) is 9.21. The fourth-order valence-electron chi connectivity index (χ4n) is 3.57. The largest absolute Gasteiger partial charge is 0.467 e. The standard InChI is InChI=1S/C21H25NO8/c1-12(23)14-16(24)22(21(14,18(26)28-5)19(27)29-6)15(13-10-8-7-9-11-13)17(25)30-20(2,3)4/h7-11,14-15H,1-6H3/t14-,15-/m1/s1. The lowest BCUT2D eigenvalue weighted by molar-refractivity contribution is -0.210. The second kappa shape index (κ2) is 8.25. The molecule has 0 radical (unpaired) electrons. The summed E-state index contributed by atoms with van der Waals surface area (Å²) in [4.78, 5) is 64.7. The Bertz CT molecular complexity index is 855. The Morgan fingerprint density at radius 3 is 1.90 bits per heavy atom. The number of nitrogens with zero attached hydrogens (tertiary/aromatic N) is 1. The van der Waals surface area contributed by atoms with Gasteiger partial charge in [-0.25, -0.2) is 14.4 Å².